The van der Waals surface area contributed by atoms with Crippen LogP contribution in [0.1, 0.15) is 67.2 Å². The van der Waals surface area contributed by atoms with E-state index in [0.717, 1.165) is 13.2 Å². The molecule has 0 aliphatic heterocycles. The van der Waals surface area contributed by atoms with Crippen molar-refractivity contribution in [3.05, 3.63) is 0 Å². The lowest BCUT2D eigenvalue weighted by Crippen LogP contribution is -2.52. The number of unbranched alkanes of at least 4 members (excludes halogenated alkanes) is 2. The van der Waals surface area contributed by atoms with Gasteiger partial charge >= 0.3 is 0 Å². The second-order valence-corrected chi connectivity index (χ2v) is 7.16. The Morgan fingerprint density at radius 1 is 0.522 bits per heavy atom. The van der Waals surface area contributed by atoms with E-state index in [0.29, 0.717) is 0 Å². The lowest BCUT2D eigenvalue weighted by molar-refractivity contribution is -0.928. The Morgan fingerprint density at radius 3 is 1.13 bits per heavy atom. The molecule has 0 saturated heterocycles. The molecule has 140 valence electrons. The molecule has 0 bridgehead atoms. The summed E-state index contributed by atoms with van der Waals surface area (Å²) in [6.07, 6.45) is 5.27. The Balaban J connectivity index is 4.21. The van der Waals surface area contributed by atoms with Crippen molar-refractivity contribution < 1.29 is 13.7 Å². The molecule has 23 heavy (non-hydrogen) atoms. The summed E-state index contributed by atoms with van der Waals surface area (Å²) < 4.78 is 8.54. The summed E-state index contributed by atoms with van der Waals surface area (Å²) in [5.41, 5.74) is 0. The maximum absolute atomic E-state index is 6.08. The molecule has 3 nitrogen and oxygen atoms in total. The van der Waals surface area contributed by atoms with Gasteiger partial charge in [0.1, 0.15) is 13.1 Å². The van der Waals surface area contributed by atoms with Crippen molar-refractivity contribution in [3.8, 4) is 0 Å². The highest BCUT2D eigenvalue weighted by Crippen LogP contribution is 2.11. The topological polar surface area (TPSA) is 9.23 Å². The minimum absolute atomic E-state index is 0.923. The molecule has 0 fully saturated rings. The van der Waals surface area contributed by atoms with Crippen LogP contribution >= 0.6 is 0 Å². The standard InChI is InChI=1S/C20H46N2O/c1-7-13-15-21(9-3,10-4)17-19-23-20-18-22(11-5,12-6)16-14-8-2/h7-20H2,1-6H3/q+2. The van der Waals surface area contributed by atoms with Gasteiger partial charge < -0.3 is 13.7 Å². The van der Waals surface area contributed by atoms with Gasteiger partial charge in [0.05, 0.1) is 52.5 Å². The van der Waals surface area contributed by atoms with E-state index in [2.05, 4.69) is 41.5 Å². The van der Waals surface area contributed by atoms with Crippen LogP contribution in [0, 0.1) is 0 Å². The fraction of sp³-hybridized carbons (Fsp3) is 1.00. The van der Waals surface area contributed by atoms with Gasteiger partial charge in [0.25, 0.3) is 0 Å². The zero-order valence-corrected chi connectivity index (χ0v) is 17.2. The van der Waals surface area contributed by atoms with Crippen LogP contribution in [0.4, 0.5) is 0 Å². The summed E-state index contributed by atoms with van der Waals surface area (Å²) in [4.78, 5) is 0. The molecule has 0 aliphatic rings. The van der Waals surface area contributed by atoms with Crippen LogP contribution in [0.25, 0.3) is 0 Å². The second-order valence-electron chi connectivity index (χ2n) is 7.16. The van der Waals surface area contributed by atoms with Crippen molar-refractivity contribution in [2.75, 3.05) is 65.6 Å². The SMILES string of the molecule is CCCC[N+](CC)(CC)CCOCC[N+](CC)(CC)CCCC. The van der Waals surface area contributed by atoms with E-state index in [1.165, 1.54) is 87.0 Å². The van der Waals surface area contributed by atoms with Crippen molar-refractivity contribution >= 4 is 0 Å². The molecule has 0 amide bonds. The Labute approximate surface area is 147 Å². The van der Waals surface area contributed by atoms with Gasteiger partial charge in [0.2, 0.25) is 0 Å². The number of quaternary nitrogens is 2. The molecule has 0 N–H and O–H groups in total. The highest BCUT2D eigenvalue weighted by molar-refractivity contribution is 4.45. The molecule has 3 heteroatoms. The predicted octanol–water partition coefficient (Wildman–Crippen LogP) is 4.32. The van der Waals surface area contributed by atoms with Crippen LogP contribution in [0.15, 0.2) is 0 Å². The number of likely N-dealkylation sites (N-methyl/N-ethyl adjacent to an activating group) is 2. The van der Waals surface area contributed by atoms with Crippen LogP contribution in [-0.4, -0.2) is 74.5 Å². The number of nitrogens with zero attached hydrogens (tertiary/aromatic N) is 2. The molecule has 0 aliphatic carbocycles. The summed E-state index contributed by atoms with van der Waals surface area (Å²) in [6, 6.07) is 0. The maximum Gasteiger partial charge on any atom is 0.102 e. The van der Waals surface area contributed by atoms with Gasteiger partial charge in [-0.3, -0.25) is 0 Å². The first-order valence-corrected chi connectivity index (χ1v) is 10.3. The minimum atomic E-state index is 0.923. The molecule has 0 aromatic carbocycles. The molecular weight excluding hydrogens is 284 g/mol. The number of rotatable bonds is 16. The van der Waals surface area contributed by atoms with Crippen molar-refractivity contribution in [2.45, 2.75) is 67.2 Å². The highest BCUT2D eigenvalue weighted by Gasteiger charge is 2.24. The molecule has 0 radical (unpaired) electrons. The molecule has 0 heterocycles. The second kappa shape index (κ2) is 13.2. The highest BCUT2D eigenvalue weighted by atomic mass is 16.5. The lowest BCUT2D eigenvalue weighted by Gasteiger charge is -2.38. The quantitative estimate of drug-likeness (QED) is 0.302. The van der Waals surface area contributed by atoms with E-state index in [9.17, 15) is 0 Å². The van der Waals surface area contributed by atoms with E-state index in [1.54, 1.807) is 0 Å². The molecule has 0 aromatic rings. The van der Waals surface area contributed by atoms with Crippen LogP contribution in [0.5, 0.6) is 0 Å². The molecule has 0 aromatic heterocycles. The molecule has 0 atom stereocenters. The van der Waals surface area contributed by atoms with E-state index >= 15 is 0 Å². The average molecular weight is 331 g/mol. The first-order valence-electron chi connectivity index (χ1n) is 10.3. The lowest BCUT2D eigenvalue weighted by atomic mass is 10.2. The maximum atomic E-state index is 6.08. The summed E-state index contributed by atoms with van der Waals surface area (Å²) in [7, 11) is 0. The van der Waals surface area contributed by atoms with E-state index < -0.39 is 0 Å². The fourth-order valence-corrected chi connectivity index (χ4v) is 3.54. The zero-order chi connectivity index (χ0) is 17.6. The summed E-state index contributed by atoms with van der Waals surface area (Å²) in [6.45, 7) is 25.7. The number of ether oxygens (including phenoxy) is 1. The van der Waals surface area contributed by atoms with Gasteiger partial charge in [0, 0.05) is 0 Å². The van der Waals surface area contributed by atoms with E-state index in [1.807, 2.05) is 0 Å². The normalized spacial score (nSPS) is 12.8. The third-order valence-electron chi connectivity index (χ3n) is 6.08. The van der Waals surface area contributed by atoms with E-state index in [4.69, 9.17) is 4.74 Å². The van der Waals surface area contributed by atoms with Crippen LogP contribution in [0.2, 0.25) is 0 Å². The summed E-state index contributed by atoms with van der Waals surface area (Å²) in [5, 5.41) is 0. The summed E-state index contributed by atoms with van der Waals surface area (Å²) >= 11 is 0. The van der Waals surface area contributed by atoms with Crippen molar-refractivity contribution in [2.24, 2.45) is 0 Å². The smallest absolute Gasteiger partial charge is 0.102 e. The Hall–Kier alpha value is -0.120. The van der Waals surface area contributed by atoms with Crippen LogP contribution in [-0.2, 0) is 4.74 Å². The van der Waals surface area contributed by atoms with Gasteiger partial charge in [-0.25, -0.2) is 0 Å². The van der Waals surface area contributed by atoms with Gasteiger partial charge in [0.15, 0.2) is 0 Å². The molecule has 0 rings (SSSR count). The minimum Gasteiger partial charge on any atom is -0.370 e. The zero-order valence-electron chi connectivity index (χ0n) is 17.2. The monoisotopic (exact) mass is 330 g/mol. The predicted molar refractivity (Wildman–Crippen MR) is 103 cm³/mol. The van der Waals surface area contributed by atoms with Gasteiger partial charge in [-0.2, -0.15) is 0 Å². The van der Waals surface area contributed by atoms with Gasteiger partial charge in [-0.05, 0) is 40.5 Å². The number of hydrogen-bond acceptors (Lipinski definition) is 1. The average Bonchev–Trinajstić information content (AvgIpc) is 2.60. The third kappa shape index (κ3) is 8.51. The Bertz CT molecular complexity index is 234. The number of hydrogen-bond donors (Lipinski definition) is 0. The molecule has 0 spiro atoms. The van der Waals surface area contributed by atoms with Gasteiger partial charge in [-0.15, -0.1) is 0 Å². The van der Waals surface area contributed by atoms with Crippen molar-refractivity contribution in [3.63, 3.8) is 0 Å². The Morgan fingerprint density at radius 2 is 0.870 bits per heavy atom. The third-order valence-corrected chi connectivity index (χ3v) is 6.08. The van der Waals surface area contributed by atoms with Gasteiger partial charge in [-0.1, -0.05) is 26.7 Å². The summed E-state index contributed by atoms with van der Waals surface area (Å²) in [5.74, 6) is 0. The first kappa shape index (κ1) is 22.9. The van der Waals surface area contributed by atoms with Crippen molar-refractivity contribution in [1.82, 2.24) is 0 Å². The Kier molecular flexibility index (Phi) is 13.1. The molecule has 0 unspecified atom stereocenters. The fourth-order valence-electron chi connectivity index (χ4n) is 3.54. The van der Waals surface area contributed by atoms with E-state index in [-0.39, 0.29) is 0 Å². The van der Waals surface area contributed by atoms with Crippen LogP contribution < -0.4 is 0 Å². The molecule has 0 saturated carbocycles. The molecular formula is C20H46N2O+2. The first-order chi connectivity index (χ1) is 11.1. The largest absolute Gasteiger partial charge is 0.370 e. The van der Waals surface area contributed by atoms with Crippen LogP contribution in [0.3, 0.4) is 0 Å². The van der Waals surface area contributed by atoms with Crippen molar-refractivity contribution in [1.29, 1.82) is 0 Å².